The van der Waals surface area contributed by atoms with Gasteiger partial charge in [0.15, 0.2) is 17.6 Å². The first-order valence-electron chi connectivity index (χ1n) is 9.40. The quantitative estimate of drug-likeness (QED) is 0.615. The van der Waals surface area contributed by atoms with Crippen molar-refractivity contribution in [3.05, 3.63) is 89.7 Å². The molecule has 1 amide bonds. The molecule has 29 heavy (non-hydrogen) atoms. The maximum Gasteiger partial charge on any atom is 0.256 e. The molecule has 0 aliphatic carbocycles. The second kappa shape index (κ2) is 8.75. The van der Waals surface area contributed by atoms with Gasteiger partial charge in [0.25, 0.3) is 5.91 Å². The maximum absolute atomic E-state index is 13.5. The summed E-state index contributed by atoms with van der Waals surface area (Å²) in [5.41, 5.74) is 2.49. The Kier molecular flexibility index (Phi) is 5.72. The van der Waals surface area contributed by atoms with E-state index in [1.807, 2.05) is 66.7 Å². The normalized spacial score (nSPS) is 13.1. The summed E-state index contributed by atoms with van der Waals surface area (Å²) in [5.74, 6) is 1.24. The summed E-state index contributed by atoms with van der Waals surface area (Å²) in [5, 5.41) is 0. The van der Waals surface area contributed by atoms with Crippen LogP contribution in [0.15, 0.2) is 72.9 Å². The number of pyridine rings is 1. The van der Waals surface area contributed by atoms with Crippen LogP contribution < -0.4 is 9.47 Å². The van der Waals surface area contributed by atoms with Gasteiger partial charge in [-0.25, -0.2) is 0 Å². The molecule has 6 heteroatoms. The summed E-state index contributed by atoms with van der Waals surface area (Å²) in [6, 6.07) is 20.9. The maximum atomic E-state index is 13.5. The van der Waals surface area contributed by atoms with Gasteiger partial charge in [0.1, 0.15) is 0 Å². The molecule has 1 atom stereocenters. The highest BCUT2D eigenvalue weighted by atomic mass is 16.7. The van der Waals surface area contributed by atoms with Crippen molar-refractivity contribution in [1.82, 2.24) is 9.88 Å². The molecule has 1 aliphatic rings. The van der Waals surface area contributed by atoms with Crippen LogP contribution in [-0.2, 0) is 22.6 Å². The molecule has 0 saturated carbocycles. The number of fused-ring (bicyclic) bond motifs is 1. The van der Waals surface area contributed by atoms with Gasteiger partial charge in [-0.1, -0.05) is 48.5 Å². The number of methoxy groups -OCH3 is 1. The molecule has 0 radical (unpaired) electrons. The van der Waals surface area contributed by atoms with E-state index in [0.29, 0.717) is 24.6 Å². The van der Waals surface area contributed by atoms with E-state index in [0.717, 1.165) is 16.8 Å². The molecule has 1 aliphatic heterocycles. The standard InChI is InChI=1S/C23H22N2O4/c1-27-22(17-8-3-2-4-9-17)23(26)25(15-19-11-5-6-13-24-19)14-18-10-7-12-20-21(18)29-16-28-20/h2-13,22H,14-16H2,1H3/t22-/m0/s1. The molecule has 0 unspecified atom stereocenters. The summed E-state index contributed by atoms with van der Waals surface area (Å²) in [7, 11) is 1.55. The Hall–Kier alpha value is -3.38. The second-order valence-corrected chi connectivity index (χ2v) is 6.69. The predicted molar refractivity (Wildman–Crippen MR) is 107 cm³/mol. The van der Waals surface area contributed by atoms with Crippen molar-refractivity contribution >= 4 is 5.91 Å². The molecule has 2 heterocycles. The Morgan fingerprint density at radius 2 is 1.86 bits per heavy atom. The fraction of sp³-hybridized carbons (Fsp3) is 0.217. The summed E-state index contributed by atoms with van der Waals surface area (Å²) in [4.78, 5) is 19.6. The van der Waals surface area contributed by atoms with E-state index in [2.05, 4.69) is 4.98 Å². The number of nitrogens with zero attached hydrogens (tertiary/aromatic N) is 2. The van der Waals surface area contributed by atoms with Crippen LogP contribution in [0.1, 0.15) is 22.9 Å². The zero-order chi connectivity index (χ0) is 20.1. The average Bonchev–Trinajstić information content (AvgIpc) is 3.25. The van der Waals surface area contributed by atoms with Gasteiger partial charge in [-0.2, -0.15) is 0 Å². The number of carbonyl (C=O) groups excluding carboxylic acids is 1. The molecule has 0 fully saturated rings. The van der Waals surface area contributed by atoms with Crippen molar-refractivity contribution < 1.29 is 19.0 Å². The van der Waals surface area contributed by atoms with Crippen molar-refractivity contribution in [2.75, 3.05) is 13.9 Å². The van der Waals surface area contributed by atoms with Crippen LogP contribution in [0.5, 0.6) is 11.5 Å². The number of ether oxygens (including phenoxy) is 3. The summed E-state index contributed by atoms with van der Waals surface area (Å²) in [6.07, 6.45) is 1.02. The monoisotopic (exact) mass is 390 g/mol. The third kappa shape index (κ3) is 4.22. The van der Waals surface area contributed by atoms with Crippen molar-refractivity contribution in [2.45, 2.75) is 19.2 Å². The lowest BCUT2D eigenvalue weighted by atomic mass is 10.1. The molecule has 148 valence electrons. The molecule has 0 bridgehead atoms. The van der Waals surface area contributed by atoms with E-state index in [-0.39, 0.29) is 12.7 Å². The number of carbonyl (C=O) groups is 1. The Morgan fingerprint density at radius 3 is 2.62 bits per heavy atom. The van der Waals surface area contributed by atoms with E-state index in [4.69, 9.17) is 14.2 Å². The Morgan fingerprint density at radius 1 is 1.03 bits per heavy atom. The molecule has 4 rings (SSSR count). The van der Waals surface area contributed by atoms with Crippen LogP contribution in [-0.4, -0.2) is 29.7 Å². The molecule has 1 aromatic heterocycles. The van der Waals surface area contributed by atoms with Crippen LogP contribution in [0.2, 0.25) is 0 Å². The highest BCUT2D eigenvalue weighted by Crippen LogP contribution is 2.36. The number of benzene rings is 2. The van der Waals surface area contributed by atoms with Gasteiger partial charge >= 0.3 is 0 Å². The fourth-order valence-electron chi connectivity index (χ4n) is 3.39. The van der Waals surface area contributed by atoms with E-state index in [9.17, 15) is 4.79 Å². The molecule has 0 spiro atoms. The van der Waals surface area contributed by atoms with E-state index >= 15 is 0 Å². The number of aromatic nitrogens is 1. The summed E-state index contributed by atoms with van der Waals surface area (Å²) >= 11 is 0. The van der Waals surface area contributed by atoms with Gasteiger partial charge in [0, 0.05) is 25.4 Å². The highest BCUT2D eigenvalue weighted by molar-refractivity contribution is 5.82. The third-order valence-corrected chi connectivity index (χ3v) is 4.79. The minimum absolute atomic E-state index is 0.138. The van der Waals surface area contributed by atoms with Gasteiger partial charge in [-0.05, 0) is 23.8 Å². The zero-order valence-electron chi connectivity index (χ0n) is 16.2. The van der Waals surface area contributed by atoms with Crippen molar-refractivity contribution in [3.8, 4) is 11.5 Å². The average molecular weight is 390 g/mol. The number of amides is 1. The lowest BCUT2D eigenvalue weighted by Gasteiger charge is -2.27. The molecular weight excluding hydrogens is 368 g/mol. The molecule has 3 aromatic rings. The lowest BCUT2D eigenvalue weighted by Crippen LogP contribution is -2.35. The number of hydrogen-bond acceptors (Lipinski definition) is 5. The smallest absolute Gasteiger partial charge is 0.256 e. The fourth-order valence-corrected chi connectivity index (χ4v) is 3.39. The van der Waals surface area contributed by atoms with E-state index in [1.165, 1.54) is 0 Å². The minimum atomic E-state index is -0.700. The van der Waals surface area contributed by atoms with E-state index < -0.39 is 6.10 Å². The van der Waals surface area contributed by atoms with Crippen LogP contribution in [0.25, 0.3) is 0 Å². The Labute approximate surface area is 169 Å². The predicted octanol–water partition coefficient (Wildman–Crippen LogP) is 3.73. The molecular formula is C23H22N2O4. The molecule has 0 saturated heterocycles. The highest BCUT2D eigenvalue weighted by Gasteiger charge is 2.28. The number of rotatable bonds is 7. The van der Waals surface area contributed by atoms with Crippen LogP contribution in [0, 0.1) is 0 Å². The summed E-state index contributed by atoms with van der Waals surface area (Å²) < 4.78 is 16.7. The third-order valence-electron chi connectivity index (χ3n) is 4.79. The van der Waals surface area contributed by atoms with Gasteiger partial charge < -0.3 is 19.1 Å². The van der Waals surface area contributed by atoms with Gasteiger partial charge in [-0.15, -0.1) is 0 Å². The van der Waals surface area contributed by atoms with Gasteiger partial charge in [-0.3, -0.25) is 9.78 Å². The molecule has 2 aromatic carbocycles. The second-order valence-electron chi connectivity index (χ2n) is 6.69. The zero-order valence-corrected chi connectivity index (χ0v) is 16.2. The van der Waals surface area contributed by atoms with E-state index in [1.54, 1.807) is 18.2 Å². The molecule has 0 N–H and O–H groups in total. The van der Waals surface area contributed by atoms with Crippen LogP contribution >= 0.6 is 0 Å². The van der Waals surface area contributed by atoms with Gasteiger partial charge in [0.05, 0.1) is 12.2 Å². The molecule has 6 nitrogen and oxygen atoms in total. The van der Waals surface area contributed by atoms with Crippen molar-refractivity contribution in [1.29, 1.82) is 0 Å². The first-order chi connectivity index (χ1) is 14.3. The SMILES string of the molecule is CO[C@H](C(=O)N(Cc1ccccn1)Cc1cccc2c1OCO2)c1ccccc1. The van der Waals surface area contributed by atoms with Crippen molar-refractivity contribution in [2.24, 2.45) is 0 Å². The topological polar surface area (TPSA) is 60.9 Å². The van der Waals surface area contributed by atoms with Crippen molar-refractivity contribution in [3.63, 3.8) is 0 Å². The Balaban J connectivity index is 1.65. The largest absolute Gasteiger partial charge is 0.454 e. The number of para-hydroxylation sites is 1. The first-order valence-corrected chi connectivity index (χ1v) is 9.40. The minimum Gasteiger partial charge on any atom is -0.454 e. The first kappa shape index (κ1) is 19.0. The lowest BCUT2D eigenvalue weighted by molar-refractivity contribution is -0.143. The summed E-state index contributed by atoms with van der Waals surface area (Å²) in [6.45, 7) is 0.900. The van der Waals surface area contributed by atoms with Gasteiger partial charge in [0.2, 0.25) is 6.79 Å². The Bertz CT molecular complexity index is 963. The number of hydrogen-bond donors (Lipinski definition) is 0. The van der Waals surface area contributed by atoms with Crippen LogP contribution in [0.4, 0.5) is 0 Å². The van der Waals surface area contributed by atoms with Crippen LogP contribution in [0.3, 0.4) is 0 Å².